The molecule has 1 heterocycles. The van der Waals surface area contributed by atoms with Crippen molar-refractivity contribution in [2.45, 2.75) is 40.3 Å². The van der Waals surface area contributed by atoms with Crippen LogP contribution < -0.4 is 10.6 Å². The summed E-state index contributed by atoms with van der Waals surface area (Å²) in [4.78, 5) is 4.48. The van der Waals surface area contributed by atoms with Crippen LogP contribution in [0.15, 0.2) is 27.8 Å². The Hall–Kier alpha value is -1.45. The first-order valence-electron chi connectivity index (χ1n) is 6.20. The Morgan fingerprint density at radius 1 is 1.41 bits per heavy atom. The second-order valence-corrected chi connectivity index (χ2v) is 4.45. The van der Waals surface area contributed by atoms with Crippen LogP contribution in [0.4, 0.5) is 0 Å². The Balaban J connectivity index is 2.55. The van der Waals surface area contributed by atoms with Crippen molar-refractivity contribution in [1.82, 2.24) is 10.6 Å². The second-order valence-electron chi connectivity index (χ2n) is 4.45. The molecule has 0 amide bonds. The summed E-state index contributed by atoms with van der Waals surface area (Å²) >= 11 is 0. The van der Waals surface area contributed by atoms with Gasteiger partial charge in [-0.05, 0) is 31.9 Å². The summed E-state index contributed by atoms with van der Waals surface area (Å²) in [6, 6.07) is 4.20. The Bertz CT molecular complexity index is 330. The van der Waals surface area contributed by atoms with Crippen molar-refractivity contribution < 1.29 is 4.42 Å². The van der Waals surface area contributed by atoms with E-state index in [4.69, 9.17) is 4.42 Å². The summed E-state index contributed by atoms with van der Waals surface area (Å²) in [7, 11) is 0. The van der Waals surface area contributed by atoms with Gasteiger partial charge in [0.05, 0.1) is 6.26 Å². The molecular formula is C13H23N3O. The van der Waals surface area contributed by atoms with Gasteiger partial charge in [-0.2, -0.15) is 0 Å². The minimum Gasteiger partial charge on any atom is -0.467 e. The van der Waals surface area contributed by atoms with E-state index in [-0.39, 0.29) is 0 Å². The predicted molar refractivity (Wildman–Crippen MR) is 71.0 cm³/mol. The topological polar surface area (TPSA) is 49.6 Å². The van der Waals surface area contributed by atoms with Gasteiger partial charge in [0, 0.05) is 12.6 Å². The number of nitrogens with one attached hydrogen (secondary N) is 2. The molecule has 1 rings (SSSR count). The molecule has 0 aromatic carbocycles. The van der Waals surface area contributed by atoms with Crippen LogP contribution in [0.2, 0.25) is 0 Å². The fourth-order valence-electron chi connectivity index (χ4n) is 1.26. The number of aliphatic imine (C=N–C) groups is 1. The van der Waals surface area contributed by atoms with Crippen molar-refractivity contribution in [3.05, 3.63) is 24.2 Å². The third-order valence-corrected chi connectivity index (χ3v) is 2.68. The predicted octanol–water partition coefficient (Wildman–Crippen LogP) is 2.38. The average Bonchev–Trinajstić information content (AvgIpc) is 2.78. The highest BCUT2D eigenvalue weighted by Gasteiger charge is 2.08. The summed E-state index contributed by atoms with van der Waals surface area (Å²) in [6.07, 6.45) is 1.67. The average molecular weight is 237 g/mol. The lowest BCUT2D eigenvalue weighted by Gasteiger charge is -2.20. The van der Waals surface area contributed by atoms with Gasteiger partial charge in [0.2, 0.25) is 0 Å². The van der Waals surface area contributed by atoms with Crippen molar-refractivity contribution in [1.29, 1.82) is 0 Å². The molecule has 0 saturated heterocycles. The zero-order valence-corrected chi connectivity index (χ0v) is 11.2. The Labute approximate surface area is 104 Å². The standard InChI is InChI=1S/C13H23N3O/c1-5-14-13(16-11(4)10(2)3)15-9-12-7-6-8-17-12/h6-8,10-11H,5,9H2,1-4H3,(H2,14,15,16). The van der Waals surface area contributed by atoms with E-state index in [1.165, 1.54) is 0 Å². The molecule has 0 saturated carbocycles. The highest BCUT2D eigenvalue weighted by molar-refractivity contribution is 5.80. The molecule has 1 aromatic rings. The van der Waals surface area contributed by atoms with Gasteiger partial charge in [0.25, 0.3) is 0 Å². The highest BCUT2D eigenvalue weighted by atomic mass is 16.3. The van der Waals surface area contributed by atoms with Gasteiger partial charge in [-0.15, -0.1) is 0 Å². The zero-order chi connectivity index (χ0) is 12.7. The summed E-state index contributed by atoms with van der Waals surface area (Å²) in [6.45, 7) is 10.0. The van der Waals surface area contributed by atoms with E-state index >= 15 is 0 Å². The van der Waals surface area contributed by atoms with Gasteiger partial charge in [-0.3, -0.25) is 0 Å². The van der Waals surface area contributed by atoms with E-state index in [2.05, 4.69) is 43.3 Å². The molecule has 0 aliphatic carbocycles. The van der Waals surface area contributed by atoms with Crippen molar-refractivity contribution in [3.8, 4) is 0 Å². The second kappa shape index (κ2) is 6.99. The molecule has 0 aliphatic rings. The van der Waals surface area contributed by atoms with Gasteiger partial charge < -0.3 is 15.1 Å². The molecule has 17 heavy (non-hydrogen) atoms. The lowest BCUT2D eigenvalue weighted by atomic mass is 10.1. The van der Waals surface area contributed by atoms with Gasteiger partial charge in [0.1, 0.15) is 12.3 Å². The van der Waals surface area contributed by atoms with Crippen molar-refractivity contribution in [3.63, 3.8) is 0 Å². The fraction of sp³-hybridized carbons (Fsp3) is 0.615. The minimum absolute atomic E-state index is 0.393. The smallest absolute Gasteiger partial charge is 0.191 e. The van der Waals surface area contributed by atoms with Crippen molar-refractivity contribution >= 4 is 5.96 Å². The first kappa shape index (κ1) is 13.6. The molecule has 1 unspecified atom stereocenters. The first-order chi connectivity index (χ1) is 8.13. The molecule has 2 N–H and O–H groups in total. The maximum Gasteiger partial charge on any atom is 0.191 e. The fourth-order valence-corrected chi connectivity index (χ4v) is 1.26. The monoisotopic (exact) mass is 237 g/mol. The number of rotatable bonds is 5. The summed E-state index contributed by atoms with van der Waals surface area (Å²) in [5.74, 6) is 2.28. The normalized spacial score (nSPS) is 13.8. The van der Waals surface area contributed by atoms with Crippen molar-refractivity contribution in [2.75, 3.05) is 6.54 Å². The van der Waals surface area contributed by atoms with Crippen LogP contribution >= 0.6 is 0 Å². The van der Waals surface area contributed by atoms with Gasteiger partial charge in [-0.1, -0.05) is 13.8 Å². The third-order valence-electron chi connectivity index (χ3n) is 2.68. The van der Waals surface area contributed by atoms with Crippen LogP contribution in [-0.4, -0.2) is 18.5 Å². The lowest BCUT2D eigenvalue weighted by molar-refractivity contribution is 0.478. The van der Waals surface area contributed by atoms with Gasteiger partial charge >= 0.3 is 0 Å². The molecule has 0 spiro atoms. The largest absolute Gasteiger partial charge is 0.467 e. The first-order valence-corrected chi connectivity index (χ1v) is 6.20. The summed E-state index contributed by atoms with van der Waals surface area (Å²) < 4.78 is 5.25. The number of nitrogens with zero attached hydrogens (tertiary/aromatic N) is 1. The molecular weight excluding hydrogens is 214 g/mol. The molecule has 4 heteroatoms. The van der Waals surface area contributed by atoms with Crippen LogP contribution in [0.25, 0.3) is 0 Å². The zero-order valence-electron chi connectivity index (χ0n) is 11.2. The van der Waals surface area contributed by atoms with Crippen LogP contribution in [0.5, 0.6) is 0 Å². The third kappa shape index (κ3) is 4.93. The Kier molecular flexibility index (Phi) is 5.60. The number of furan rings is 1. The van der Waals surface area contributed by atoms with E-state index in [0.29, 0.717) is 18.5 Å². The van der Waals surface area contributed by atoms with Crippen LogP contribution in [0, 0.1) is 5.92 Å². The van der Waals surface area contributed by atoms with E-state index in [9.17, 15) is 0 Å². The maximum absolute atomic E-state index is 5.25. The van der Waals surface area contributed by atoms with E-state index in [1.54, 1.807) is 6.26 Å². The molecule has 0 aliphatic heterocycles. The van der Waals surface area contributed by atoms with E-state index in [1.807, 2.05) is 12.1 Å². The number of guanidine groups is 1. The Morgan fingerprint density at radius 2 is 2.18 bits per heavy atom. The maximum atomic E-state index is 5.25. The van der Waals surface area contributed by atoms with Crippen LogP contribution in [-0.2, 0) is 6.54 Å². The van der Waals surface area contributed by atoms with Gasteiger partial charge in [-0.25, -0.2) is 4.99 Å². The number of hydrogen-bond donors (Lipinski definition) is 2. The molecule has 4 nitrogen and oxygen atoms in total. The Morgan fingerprint density at radius 3 is 2.71 bits per heavy atom. The van der Waals surface area contributed by atoms with Crippen molar-refractivity contribution in [2.24, 2.45) is 10.9 Å². The highest BCUT2D eigenvalue weighted by Crippen LogP contribution is 2.02. The summed E-state index contributed by atoms with van der Waals surface area (Å²) in [5.41, 5.74) is 0. The molecule has 0 radical (unpaired) electrons. The molecule has 0 fully saturated rings. The van der Waals surface area contributed by atoms with E-state index < -0.39 is 0 Å². The quantitative estimate of drug-likeness (QED) is 0.610. The van der Waals surface area contributed by atoms with Crippen LogP contribution in [0.1, 0.15) is 33.5 Å². The number of hydrogen-bond acceptors (Lipinski definition) is 2. The molecule has 1 aromatic heterocycles. The molecule has 0 bridgehead atoms. The van der Waals surface area contributed by atoms with Crippen LogP contribution in [0.3, 0.4) is 0 Å². The van der Waals surface area contributed by atoms with Gasteiger partial charge in [0.15, 0.2) is 5.96 Å². The SMILES string of the molecule is CCNC(=NCc1ccco1)NC(C)C(C)C. The lowest BCUT2D eigenvalue weighted by Crippen LogP contribution is -2.44. The molecule has 1 atom stereocenters. The summed E-state index contributed by atoms with van der Waals surface area (Å²) in [5, 5.41) is 6.61. The molecule has 96 valence electrons. The minimum atomic E-state index is 0.393. The van der Waals surface area contributed by atoms with E-state index in [0.717, 1.165) is 18.3 Å².